The molecule has 56 heavy (non-hydrogen) atoms. The number of rotatable bonds is 12. The van der Waals surface area contributed by atoms with E-state index < -0.39 is 0 Å². The number of imidazole rings is 3. The van der Waals surface area contributed by atoms with Gasteiger partial charge in [-0.1, -0.05) is 90.3 Å². The summed E-state index contributed by atoms with van der Waals surface area (Å²) in [6.07, 6.45) is 14.0. The summed E-state index contributed by atoms with van der Waals surface area (Å²) in [5, 5.41) is 0. The summed E-state index contributed by atoms with van der Waals surface area (Å²) < 4.78 is 17.3. The van der Waals surface area contributed by atoms with Gasteiger partial charge in [-0.05, 0) is 53.5 Å². The Balaban J connectivity index is 0.000000143. The molecule has 0 amide bonds. The van der Waals surface area contributed by atoms with E-state index in [1.165, 1.54) is 49.4 Å². The van der Waals surface area contributed by atoms with Gasteiger partial charge in [0.15, 0.2) is 16.9 Å². The van der Waals surface area contributed by atoms with Crippen LogP contribution in [0.2, 0.25) is 0 Å². The number of fused-ring (bicyclic) bond motifs is 3. The Morgan fingerprint density at radius 2 is 1.16 bits per heavy atom. The molecule has 0 aliphatic rings. The quantitative estimate of drug-likeness (QED) is 0.108. The van der Waals surface area contributed by atoms with E-state index in [-0.39, 0.29) is 5.41 Å². The molecule has 0 radical (unpaired) electrons. The van der Waals surface area contributed by atoms with E-state index in [1.54, 1.807) is 19.0 Å². The van der Waals surface area contributed by atoms with Crippen LogP contribution < -0.4 is 14.2 Å². The van der Waals surface area contributed by atoms with Crippen molar-refractivity contribution in [3.05, 3.63) is 103 Å². The third kappa shape index (κ3) is 10.2. The van der Waals surface area contributed by atoms with Crippen molar-refractivity contribution in [3.63, 3.8) is 0 Å². The van der Waals surface area contributed by atoms with Crippen molar-refractivity contribution in [3.8, 4) is 23.4 Å². The minimum Gasteiger partial charge on any atom is -0.476 e. The molecule has 0 aliphatic heterocycles. The summed E-state index contributed by atoms with van der Waals surface area (Å²) in [7, 11) is 0. The SMILES string of the molecule is CC(C)(C)c1ccc(Oc2ncnc3nc[nH]c23)cc1.CCCCC(CC)COc1ncnc2nc[nH]c12.Cc1ccccc1COc1ncnc2nc[nH]c12. The average molecular weight is 757 g/mol. The molecule has 0 fully saturated rings. The number of nitrogens with one attached hydrogen (secondary N) is 3. The molecule has 3 N–H and O–H groups in total. The smallest absolute Gasteiger partial charge is 0.248 e. The van der Waals surface area contributed by atoms with Gasteiger partial charge in [-0.15, -0.1) is 0 Å². The summed E-state index contributed by atoms with van der Waals surface area (Å²) in [6.45, 7) is 14.2. The summed E-state index contributed by atoms with van der Waals surface area (Å²) in [4.78, 5) is 45.8. The van der Waals surface area contributed by atoms with Gasteiger partial charge in [0.05, 0.1) is 25.6 Å². The van der Waals surface area contributed by atoms with Gasteiger partial charge in [0.25, 0.3) is 0 Å². The highest BCUT2D eigenvalue weighted by Crippen LogP contribution is 2.28. The van der Waals surface area contributed by atoms with Gasteiger partial charge >= 0.3 is 0 Å². The summed E-state index contributed by atoms with van der Waals surface area (Å²) in [5.74, 6) is 2.95. The van der Waals surface area contributed by atoms with Crippen molar-refractivity contribution in [1.82, 2.24) is 59.8 Å². The molecule has 8 aromatic rings. The molecular formula is C41H48N12O3. The van der Waals surface area contributed by atoms with Crippen LogP contribution in [0.5, 0.6) is 23.4 Å². The number of aryl methyl sites for hydroxylation is 1. The topological polar surface area (TPSA) is 191 Å². The fourth-order valence-electron chi connectivity index (χ4n) is 5.67. The summed E-state index contributed by atoms with van der Waals surface area (Å²) >= 11 is 0. The van der Waals surface area contributed by atoms with E-state index in [9.17, 15) is 0 Å². The Morgan fingerprint density at radius 3 is 1.70 bits per heavy atom. The van der Waals surface area contributed by atoms with Gasteiger partial charge in [0.1, 0.15) is 47.9 Å². The lowest BCUT2D eigenvalue weighted by Crippen LogP contribution is -2.12. The minimum atomic E-state index is 0.129. The first kappa shape index (κ1) is 39.2. The van der Waals surface area contributed by atoms with Gasteiger partial charge in [-0.25, -0.2) is 29.9 Å². The van der Waals surface area contributed by atoms with Crippen LogP contribution in [-0.4, -0.2) is 66.4 Å². The zero-order valence-corrected chi connectivity index (χ0v) is 32.7. The van der Waals surface area contributed by atoms with E-state index in [0.717, 1.165) is 28.8 Å². The number of aromatic amines is 3. The van der Waals surface area contributed by atoms with Crippen LogP contribution in [0.3, 0.4) is 0 Å². The monoisotopic (exact) mass is 756 g/mol. The van der Waals surface area contributed by atoms with Crippen molar-refractivity contribution in [2.45, 2.75) is 79.2 Å². The maximum absolute atomic E-state index is 5.81. The molecule has 6 aromatic heterocycles. The first-order valence-electron chi connectivity index (χ1n) is 18.7. The zero-order chi connectivity index (χ0) is 39.3. The maximum Gasteiger partial charge on any atom is 0.248 e. The first-order valence-corrected chi connectivity index (χ1v) is 18.7. The predicted octanol–water partition coefficient (Wildman–Crippen LogP) is 8.63. The third-order valence-corrected chi connectivity index (χ3v) is 9.12. The number of H-pyrrole nitrogens is 3. The van der Waals surface area contributed by atoms with Crippen LogP contribution in [0.4, 0.5) is 0 Å². The molecule has 0 saturated carbocycles. The molecule has 15 heteroatoms. The Bertz CT molecular complexity index is 2420. The molecule has 2 aromatic carbocycles. The molecule has 0 bridgehead atoms. The van der Waals surface area contributed by atoms with Crippen LogP contribution >= 0.6 is 0 Å². The molecule has 0 spiro atoms. The fraction of sp³-hybridized carbons (Fsp3) is 0.341. The van der Waals surface area contributed by atoms with Gasteiger partial charge in [0, 0.05) is 0 Å². The average Bonchev–Trinajstić information content (AvgIpc) is 4.00. The minimum absolute atomic E-state index is 0.129. The van der Waals surface area contributed by atoms with Gasteiger partial charge in [-0.3, -0.25) is 0 Å². The molecule has 6 heterocycles. The van der Waals surface area contributed by atoms with Gasteiger partial charge in [-0.2, -0.15) is 15.0 Å². The highest BCUT2D eigenvalue weighted by molar-refractivity contribution is 5.76. The molecule has 0 aliphatic carbocycles. The number of nitrogens with zero attached hydrogens (tertiary/aromatic N) is 9. The normalized spacial score (nSPS) is 11.8. The van der Waals surface area contributed by atoms with Crippen LogP contribution in [0.1, 0.15) is 77.0 Å². The van der Waals surface area contributed by atoms with E-state index in [0.29, 0.717) is 59.2 Å². The highest BCUT2D eigenvalue weighted by Gasteiger charge is 2.15. The van der Waals surface area contributed by atoms with Gasteiger partial charge in [0.2, 0.25) is 17.6 Å². The number of ether oxygens (including phenoxy) is 3. The first-order chi connectivity index (χ1) is 27.2. The standard InChI is InChI=1S/C15H16N4O.C13H12N4O.C13H20N4O/c1-15(2,3)10-4-6-11(7-5-10)20-14-12-13(17-8-16-12)18-9-19-14;1-9-4-2-3-5-10(9)6-18-13-11-12(15-7-14-11)16-8-17-13;1-3-5-6-10(4-2)7-18-13-11-12(15-8-14-11)16-9-17-13/h4-9H,1-3H3,(H,16,17,18,19);2-5,7-8H,6H2,1H3,(H,14,15,16,17);8-10H,3-7H2,1-2H3,(H,14,15,16,17). The summed E-state index contributed by atoms with van der Waals surface area (Å²) in [5.41, 5.74) is 7.81. The molecule has 15 nitrogen and oxygen atoms in total. The van der Waals surface area contributed by atoms with E-state index in [2.05, 4.69) is 120 Å². The van der Waals surface area contributed by atoms with Crippen molar-refractivity contribution < 1.29 is 14.2 Å². The number of aromatic nitrogens is 12. The van der Waals surface area contributed by atoms with Crippen LogP contribution in [0.15, 0.2) is 86.5 Å². The number of unbranched alkanes of at least 4 members (excludes halogenated alkanes) is 1. The number of benzene rings is 2. The highest BCUT2D eigenvalue weighted by atomic mass is 16.5. The largest absolute Gasteiger partial charge is 0.476 e. The predicted molar refractivity (Wildman–Crippen MR) is 215 cm³/mol. The second-order valence-electron chi connectivity index (χ2n) is 14.2. The third-order valence-electron chi connectivity index (χ3n) is 9.12. The van der Waals surface area contributed by atoms with Crippen molar-refractivity contribution in [1.29, 1.82) is 0 Å². The molecule has 0 saturated heterocycles. The molecule has 1 unspecified atom stereocenters. The molecule has 290 valence electrons. The van der Waals surface area contributed by atoms with Crippen LogP contribution in [0.25, 0.3) is 33.5 Å². The Hall–Kier alpha value is -6.51. The molecule has 8 rings (SSSR count). The molecular weight excluding hydrogens is 709 g/mol. The van der Waals surface area contributed by atoms with Crippen molar-refractivity contribution in [2.75, 3.05) is 6.61 Å². The summed E-state index contributed by atoms with van der Waals surface area (Å²) in [6, 6.07) is 16.1. The Labute approximate surface area is 325 Å². The lowest BCUT2D eigenvalue weighted by molar-refractivity contribution is 0.228. The second-order valence-corrected chi connectivity index (χ2v) is 14.2. The Morgan fingerprint density at radius 1 is 0.625 bits per heavy atom. The fourth-order valence-corrected chi connectivity index (χ4v) is 5.67. The second kappa shape index (κ2) is 18.7. The van der Waals surface area contributed by atoms with E-state index >= 15 is 0 Å². The van der Waals surface area contributed by atoms with Crippen molar-refractivity contribution >= 4 is 33.5 Å². The lowest BCUT2D eigenvalue weighted by atomic mass is 9.87. The van der Waals surface area contributed by atoms with E-state index in [4.69, 9.17) is 14.2 Å². The Kier molecular flexibility index (Phi) is 13.1. The van der Waals surface area contributed by atoms with Gasteiger partial charge < -0.3 is 29.2 Å². The lowest BCUT2D eigenvalue weighted by Gasteiger charge is -2.19. The zero-order valence-electron chi connectivity index (χ0n) is 32.7. The maximum atomic E-state index is 5.81. The van der Waals surface area contributed by atoms with Crippen LogP contribution in [0, 0.1) is 12.8 Å². The number of hydrogen-bond donors (Lipinski definition) is 3. The van der Waals surface area contributed by atoms with Crippen LogP contribution in [-0.2, 0) is 12.0 Å². The van der Waals surface area contributed by atoms with E-state index in [1.807, 2.05) is 30.3 Å². The van der Waals surface area contributed by atoms with Crippen molar-refractivity contribution in [2.24, 2.45) is 5.92 Å². The number of hydrogen-bond acceptors (Lipinski definition) is 12. The molecule has 1 atom stereocenters.